The van der Waals surface area contributed by atoms with Gasteiger partial charge in [-0.05, 0) is 153 Å². The fourth-order valence-electron chi connectivity index (χ4n) is 7.29. The Balaban J connectivity index is 1.58. The number of hydrogen-bond acceptors (Lipinski definition) is 16. The van der Waals surface area contributed by atoms with Crippen LogP contribution in [-0.4, -0.2) is 101 Å². The van der Waals surface area contributed by atoms with E-state index < -0.39 is 126 Å². The molecule has 5 atom stereocenters. The molecule has 1 aliphatic rings. The summed E-state index contributed by atoms with van der Waals surface area (Å²) in [7, 11) is 0. The van der Waals surface area contributed by atoms with Crippen LogP contribution in [0.1, 0.15) is 152 Å². The maximum Gasteiger partial charge on any atom is 0.331 e. The topological polar surface area (TPSA) is 223 Å². The molecule has 81 heavy (non-hydrogen) atoms. The van der Waals surface area contributed by atoms with Crippen LogP contribution in [0.5, 0.6) is 5.88 Å². The second kappa shape index (κ2) is 25.9. The molecule has 1 N–H and O–H groups in total. The highest BCUT2D eigenvalue weighted by molar-refractivity contribution is 5.91. The first-order valence-corrected chi connectivity index (χ1v) is 26.5. The van der Waals surface area contributed by atoms with Gasteiger partial charge in [-0.3, -0.25) is 33.4 Å². The highest BCUT2D eigenvalue weighted by atomic mass is 16.7. The smallest absolute Gasteiger partial charge is 0.331 e. The van der Waals surface area contributed by atoms with E-state index in [1.165, 1.54) is 60.1 Å². The summed E-state index contributed by atoms with van der Waals surface area (Å²) in [5.41, 5.74) is -4.93. The van der Waals surface area contributed by atoms with Crippen molar-refractivity contribution < 1.29 is 76.9 Å². The Labute approximate surface area is 481 Å². The number of esters is 6. The number of nitrogens with one attached hydrogen (secondary N) is 1. The molecule has 3 aromatic carbocycles. The minimum Gasteiger partial charge on any atom is -0.463 e. The number of nitrogens with zero attached hydrogens (tertiary/aromatic N) is 2. The monoisotopic (exact) mass is 1120 g/mol. The van der Waals surface area contributed by atoms with Crippen molar-refractivity contribution in [3.63, 3.8) is 0 Å². The zero-order chi connectivity index (χ0) is 63.3. The largest absolute Gasteiger partial charge is 0.463 e. The Morgan fingerprint density at radius 2 is 1.20 bits per heavy atom. The van der Waals surface area contributed by atoms with Crippen LogP contribution in [0.15, 0.2) is 78.9 Å². The molecule has 2 heterocycles. The molecule has 5 rings (SSSR count). The first-order valence-electron chi connectivity index (χ1n) is 29.3. The van der Waals surface area contributed by atoms with E-state index in [4.69, 9.17) is 48.5 Å². The van der Waals surface area contributed by atoms with Gasteiger partial charge < -0.3 is 43.2 Å². The van der Waals surface area contributed by atoms with Gasteiger partial charge >= 0.3 is 35.8 Å². The summed E-state index contributed by atoms with van der Waals surface area (Å²) in [6.45, 7) is 17.4. The molecule has 0 saturated carbocycles. The molecular formula is C63H81N3O15. The first kappa shape index (κ1) is 58.1. The summed E-state index contributed by atoms with van der Waals surface area (Å²) in [6.07, 6.45) is -5.49. The van der Waals surface area contributed by atoms with Gasteiger partial charge in [0.2, 0.25) is 24.2 Å². The summed E-state index contributed by atoms with van der Waals surface area (Å²) < 4.78 is 82.6. The third kappa shape index (κ3) is 18.2. The van der Waals surface area contributed by atoms with Gasteiger partial charge in [0.05, 0.1) is 44.5 Å². The van der Waals surface area contributed by atoms with Crippen LogP contribution < -0.4 is 10.1 Å². The molecule has 0 aliphatic carbocycles. The second-order valence-electron chi connectivity index (χ2n) is 24.2. The van der Waals surface area contributed by atoms with Crippen molar-refractivity contribution in [2.24, 2.45) is 27.1 Å². The maximum atomic E-state index is 14.2. The van der Waals surface area contributed by atoms with Crippen molar-refractivity contribution in [3.05, 3.63) is 101 Å². The number of hydrogen-bond donors (Lipinski definition) is 1. The molecule has 1 amide bonds. The highest BCUT2D eigenvalue weighted by Gasteiger charge is 2.56. The van der Waals surface area contributed by atoms with Crippen LogP contribution >= 0.6 is 0 Å². The number of aromatic nitrogens is 2. The van der Waals surface area contributed by atoms with Crippen LogP contribution in [0.4, 0.5) is 0 Å². The number of carbonyl (C=O) groups excluding carboxylic acids is 7. The summed E-state index contributed by atoms with van der Waals surface area (Å²) in [5.74, 6) is 0.998. The summed E-state index contributed by atoms with van der Waals surface area (Å²) in [6, 6.07) is 21.5. The van der Waals surface area contributed by atoms with Crippen LogP contribution in [0, 0.1) is 38.9 Å². The van der Waals surface area contributed by atoms with E-state index in [0.29, 0.717) is 16.6 Å². The van der Waals surface area contributed by atoms with E-state index >= 15 is 0 Å². The standard InChI is InChI=1S/C63H81N3O15/c1-58(2,3)52(68)74-36-35-66-43-27-22-26-42(34-33-40-31-29-39(30-32-40)25-21-28-45(67)64-63(16,17)57(73)75-37-41-23-19-18-20-24-41)46(43)50(65-66)81-51-49(80-56(72)62(13,14)15)48(79-55(71)61(10,11)12)47(78-54(70)60(7,8)9)44(77-51)38-76-53(69)59(4,5)6/h18-27,29-32,44,47-49,51H,28,35-38H2,1-17H3,(H,64,67)/b25-21+/t44-,47-,48+,49-,51?/m1/s1/i4D,7D,10D,13D. The molecule has 1 fully saturated rings. The number of rotatable bonds is 17. The van der Waals surface area contributed by atoms with Gasteiger partial charge in [-0.25, -0.2) is 4.79 Å². The van der Waals surface area contributed by atoms with E-state index in [0.717, 1.165) is 11.1 Å². The van der Waals surface area contributed by atoms with E-state index in [2.05, 4.69) is 17.2 Å². The Kier molecular flexibility index (Phi) is 18.6. The highest BCUT2D eigenvalue weighted by Crippen LogP contribution is 2.37. The van der Waals surface area contributed by atoms with Crippen molar-refractivity contribution in [3.8, 4) is 17.7 Å². The van der Waals surface area contributed by atoms with Gasteiger partial charge in [-0.1, -0.05) is 72.5 Å². The van der Waals surface area contributed by atoms with Gasteiger partial charge in [-0.15, -0.1) is 5.10 Å². The summed E-state index contributed by atoms with van der Waals surface area (Å²) >= 11 is 0. The van der Waals surface area contributed by atoms with Crippen molar-refractivity contribution in [1.29, 1.82) is 0 Å². The Morgan fingerprint density at radius 1 is 0.630 bits per heavy atom. The fourth-order valence-corrected chi connectivity index (χ4v) is 7.29. The average molecular weight is 1120 g/mol. The van der Waals surface area contributed by atoms with Crippen LogP contribution in [0.25, 0.3) is 17.0 Å². The lowest BCUT2D eigenvalue weighted by Crippen LogP contribution is -2.65. The molecule has 18 heteroatoms. The van der Waals surface area contributed by atoms with E-state index in [-0.39, 0.29) is 50.3 Å². The fraction of sp³-hybridized carbons (Fsp3) is 0.524. The Morgan fingerprint density at radius 3 is 1.79 bits per heavy atom. The molecule has 438 valence electrons. The van der Waals surface area contributed by atoms with E-state index in [1.807, 2.05) is 30.3 Å². The molecule has 4 aromatic rings. The van der Waals surface area contributed by atoms with Crippen LogP contribution in [0.3, 0.4) is 0 Å². The van der Waals surface area contributed by atoms with E-state index in [1.54, 1.807) is 89.2 Å². The quantitative estimate of drug-likeness (QED) is 0.0590. The third-order valence-electron chi connectivity index (χ3n) is 12.1. The minimum atomic E-state index is -1.86. The number of benzene rings is 3. The van der Waals surface area contributed by atoms with Gasteiger partial charge in [0.15, 0.2) is 12.2 Å². The second-order valence-corrected chi connectivity index (χ2v) is 24.2. The van der Waals surface area contributed by atoms with Crippen molar-refractivity contribution >= 4 is 58.7 Å². The zero-order valence-electron chi connectivity index (χ0n) is 52.9. The number of fused-ring (bicyclic) bond motifs is 1. The molecular weight excluding hydrogens is 1040 g/mol. The van der Waals surface area contributed by atoms with Crippen molar-refractivity contribution in [1.82, 2.24) is 15.1 Å². The normalized spacial score (nSPS) is 18.6. The molecule has 1 unspecified atom stereocenters. The lowest BCUT2D eigenvalue weighted by molar-refractivity contribution is -0.294. The number of amides is 1. The molecule has 0 radical (unpaired) electrons. The number of ether oxygens (including phenoxy) is 8. The van der Waals surface area contributed by atoms with Crippen molar-refractivity contribution in [2.45, 2.75) is 173 Å². The number of carbonyl (C=O) groups is 7. The summed E-state index contributed by atoms with van der Waals surface area (Å²) in [4.78, 5) is 94.6. The predicted molar refractivity (Wildman–Crippen MR) is 302 cm³/mol. The van der Waals surface area contributed by atoms with Crippen LogP contribution in [-0.2, 0) is 79.9 Å². The molecule has 0 spiro atoms. The SMILES string of the molecule is [2H]CC(C)(C)C(=O)OC[C@H]1OC(Oc2nn(CCOC(=O)C(C)(C)C)c3cccc(C#Cc4ccc(/C=C/CC(=O)NC(C)(C)C(=O)OCc5ccccc5)cc4)c23)[C@H](OC(=O)C(C)(C)C[2H])[C@@H](OC(=O)C(C)(C)C[2H])[C@@H]1OC(=O)C(C)(C)C[2H]. The third-order valence-corrected chi connectivity index (χ3v) is 12.1. The van der Waals surface area contributed by atoms with Crippen LogP contribution in [0.2, 0.25) is 0 Å². The maximum absolute atomic E-state index is 14.2. The Hall–Kier alpha value is -7.52. The first-order chi connectivity index (χ1) is 39.7. The molecule has 1 aliphatic heterocycles. The molecule has 1 aromatic heterocycles. The van der Waals surface area contributed by atoms with Gasteiger partial charge in [0, 0.05) is 23.0 Å². The van der Waals surface area contributed by atoms with Gasteiger partial charge in [-0.2, -0.15) is 0 Å². The summed E-state index contributed by atoms with van der Waals surface area (Å²) in [5, 5.41) is 7.83. The minimum absolute atomic E-state index is 0.00744. The van der Waals surface area contributed by atoms with Gasteiger partial charge in [0.1, 0.15) is 31.5 Å². The lowest BCUT2D eigenvalue weighted by Gasteiger charge is -2.45. The lowest BCUT2D eigenvalue weighted by atomic mass is 9.93. The molecule has 18 nitrogen and oxygen atoms in total. The molecule has 0 bridgehead atoms. The Bertz CT molecular complexity index is 3120. The van der Waals surface area contributed by atoms with E-state index in [9.17, 15) is 33.6 Å². The predicted octanol–water partition coefficient (Wildman–Crippen LogP) is 9.63. The average Bonchev–Trinajstić information content (AvgIpc) is 2.16. The molecule has 1 saturated heterocycles. The van der Waals surface area contributed by atoms with Crippen molar-refractivity contribution in [2.75, 3.05) is 13.2 Å². The van der Waals surface area contributed by atoms with Gasteiger partial charge in [0.25, 0.3) is 0 Å². The zero-order valence-corrected chi connectivity index (χ0v) is 48.9.